The van der Waals surface area contributed by atoms with Gasteiger partial charge in [0.1, 0.15) is 0 Å². The van der Waals surface area contributed by atoms with Crippen LogP contribution < -0.4 is 0 Å². The molecule has 0 fully saturated rings. The SMILES string of the molecule is CC(=O)OCC#CCBr.[C-]#[N+]C(CC#C)([N+]#[C-])C1=CCC(C(=O)OCC)CC1. The zero-order valence-electron chi connectivity index (χ0n) is 16.1. The summed E-state index contributed by atoms with van der Waals surface area (Å²) in [4.78, 5) is 28.6. The van der Waals surface area contributed by atoms with Gasteiger partial charge in [-0.25, -0.2) is 22.8 Å². The van der Waals surface area contributed by atoms with E-state index in [1.165, 1.54) is 6.92 Å². The highest BCUT2D eigenvalue weighted by Crippen LogP contribution is 2.36. The highest BCUT2D eigenvalue weighted by molar-refractivity contribution is 9.09. The summed E-state index contributed by atoms with van der Waals surface area (Å²) >= 11 is 3.10. The van der Waals surface area contributed by atoms with E-state index in [4.69, 9.17) is 24.3 Å². The highest BCUT2D eigenvalue weighted by Gasteiger charge is 2.48. The summed E-state index contributed by atoms with van der Waals surface area (Å²) < 4.78 is 9.49. The second-order valence-electron chi connectivity index (χ2n) is 5.64. The van der Waals surface area contributed by atoms with Crippen LogP contribution in [-0.2, 0) is 19.1 Å². The van der Waals surface area contributed by atoms with Crippen LogP contribution in [0.2, 0.25) is 0 Å². The Morgan fingerprint density at radius 1 is 1.36 bits per heavy atom. The molecule has 0 bridgehead atoms. The number of ether oxygens (including phenoxy) is 2. The lowest BCUT2D eigenvalue weighted by Crippen LogP contribution is -2.27. The topological polar surface area (TPSA) is 61.3 Å². The maximum Gasteiger partial charge on any atom is 0.516 e. The lowest BCUT2D eigenvalue weighted by atomic mass is 9.83. The van der Waals surface area contributed by atoms with Crippen molar-refractivity contribution in [1.29, 1.82) is 0 Å². The molecule has 1 atom stereocenters. The van der Waals surface area contributed by atoms with Crippen molar-refractivity contribution in [3.05, 3.63) is 34.5 Å². The minimum absolute atomic E-state index is 0.0932. The number of alkyl halides is 1. The number of carbonyl (C=O) groups excluding carboxylic acids is 2. The summed E-state index contributed by atoms with van der Waals surface area (Å²) in [5.74, 6) is 7.06. The lowest BCUT2D eigenvalue weighted by molar-refractivity contribution is -0.148. The van der Waals surface area contributed by atoms with Crippen LogP contribution in [0.5, 0.6) is 0 Å². The number of hydrogen-bond donors (Lipinski definition) is 0. The second kappa shape index (κ2) is 14.3. The highest BCUT2D eigenvalue weighted by atomic mass is 79.9. The van der Waals surface area contributed by atoms with Crippen LogP contribution in [-0.4, -0.2) is 36.1 Å². The largest absolute Gasteiger partial charge is 0.516 e. The van der Waals surface area contributed by atoms with Crippen molar-refractivity contribution in [3.63, 3.8) is 0 Å². The van der Waals surface area contributed by atoms with Gasteiger partial charge in [0.15, 0.2) is 13.0 Å². The summed E-state index contributed by atoms with van der Waals surface area (Å²) in [6.07, 6.45) is 8.84. The minimum Gasteiger partial charge on any atom is -0.466 e. The van der Waals surface area contributed by atoms with Gasteiger partial charge < -0.3 is 9.47 Å². The maximum atomic E-state index is 11.6. The molecule has 7 heteroatoms. The molecule has 0 spiro atoms. The molecule has 0 radical (unpaired) electrons. The summed E-state index contributed by atoms with van der Waals surface area (Å²) in [5, 5.41) is 0.619. The van der Waals surface area contributed by atoms with Gasteiger partial charge in [0, 0.05) is 6.92 Å². The standard InChI is InChI=1S/C15H16N2O2.C6H7BrO2/c1-5-11-15(16-3,17-4)13-9-7-12(8-10-13)14(18)19-6-2;1-6(8)9-5-3-2-4-7/h1,9,12H,6-8,10-11H2,2H3;4-5H2,1H3. The molecule has 0 saturated carbocycles. The van der Waals surface area contributed by atoms with Crippen molar-refractivity contribution < 1.29 is 19.1 Å². The monoisotopic (exact) mass is 446 g/mol. The van der Waals surface area contributed by atoms with Crippen molar-refractivity contribution >= 4 is 27.9 Å². The number of carbonyl (C=O) groups is 2. The van der Waals surface area contributed by atoms with Gasteiger partial charge >= 0.3 is 17.6 Å². The molecule has 148 valence electrons. The van der Waals surface area contributed by atoms with E-state index >= 15 is 0 Å². The lowest BCUT2D eigenvalue weighted by Gasteiger charge is -2.21. The molecular weight excluding hydrogens is 424 g/mol. The molecule has 0 saturated heterocycles. The molecule has 6 nitrogen and oxygen atoms in total. The Hall–Kier alpha value is -2.74. The van der Waals surface area contributed by atoms with Gasteiger partial charge in [-0.05, 0) is 26.2 Å². The fourth-order valence-electron chi connectivity index (χ4n) is 2.41. The maximum absolute atomic E-state index is 11.6. The number of halogens is 1. The van der Waals surface area contributed by atoms with Gasteiger partial charge in [-0.1, -0.05) is 39.8 Å². The first-order chi connectivity index (χ1) is 13.4. The first kappa shape index (κ1) is 25.3. The van der Waals surface area contributed by atoms with Crippen LogP contribution in [0.4, 0.5) is 0 Å². The number of rotatable bonds is 5. The molecule has 1 unspecified atom stereocenters. The first-order valence-corrected chi connectivity index (χ1v) is 9.74. The predicted molar refractivity (Wildman–Crippen MR) is 110 cm³/mol. The van der Waals surface area contributed by atoms with Crippen LogP contribution in [0, 0.1) is 43.2 Å². The molecule has 0 aromatic rings. The normalized spacial score (nSPS) is 14.9. The molecule has 0 amide bonds. The molecule has 1 rings (SSSR count). The number of terminal acetylenes is 1. The summed E-state index contributed by atoms with van der Waals surface area (Å²) in [5.41, 5.74) is -0.523. The van der Waals surface area contributed by atoms with Crippen molar-refractivity contribution in [3.8, 4) is 24.2 Å². The van der Waals surface area contributed by atoms with Crippen molar-refractivity contribution in [2.24, 2.45) is 5.92 Å². The Bertz CT molecular complexity index is 742. The van der Waals surface area contributed by atoms with E-state index in [0.717, 1.165) is 5.57 Å². The predicted octanol–water partition coefficient (Wildman–Crippen LogP) is 3.78. The van der Waals surface area contributed by atoms with Gasteiger partial charge in [0.05, 0.1) is 23.4 Å². The first-order valence-electron chi connectivity index (χ1n) is 8.62. The Labute approximate surface area is 175 Å². The molecule has 0 aromatic carbocycles. The van der Waals surface area contributed by atoms with Crippen LogP contribution in [0.25, 0.3) is 9.69 Å². The number of hydrogen-bond acceptors (Lipinski definition) is 4. The van der Waals surface area contributed by atoms with E-state index < -0.39 is 5.66 Å². The van der Waals surface area contributed by atoms with Gasteiger partial charge in [-0.3, -0.25) is 9.59 Å². The quantitative estimate of drug-likeness (QED) is 0.212. The van der Waals surface area contributed by atoms with E-state index in [2.05, 4.69) is 48.1 Å². The third kappa shape index (κ3) is 8.77. The fraction of sp³-hybridized carbons (Fsp3) is 0.524. The Morgan fingerprint density at radius 3 is 2.46 bits per heavy atom. The van der Waals surface area contributed by atoms with Crippen LogP contribution in [0.15, 0.2) is 11.6 Å². The molecule has 1 aliphatic rings. The zero-order chi connectivity index (χ0) is 21.4. The Kier molecular flexibility index (Phi) is 12.9. The number of esters is 2. The van der Waals surface area contributed by atoms with Crippen LogP contribution in [0.3, 0.4) is 0 Å². The van der Waals surface area contributed by atoms with E-state index in [-0.39, 0.29) is 30.9 Å². The smallest absolute Gasteiger partial charge is 0.466 e. The minimum atomic E-state index is -1.27. The van der Waals surface area contributed by atoms with Gasteiger partial charge in [-0.2, -0.15) is 0 Å². The summed E-state index contributed by atoms with van der Waals surface area (Å²) in [6, 6.07) is 0. The second-order valence-corrected chi connectivity index (χ2v) is 6.20. The molecule has 28 heavy (non-hydrogen) atoms. The molecule has 0 heterocycles. The average Bonchev–Trinajstić information content (AvgIpc) is 2.70. The van der Waals surface area contributed by atoms with E-state index in [0.29, 0.717) is 31.2 Å². The molecule has 0 aromatic heterocycles. The number of nitrogens with zero attached hydrogens (tertiary/aromatic N) is 2. The van der Waals surface area contributed by atoms with Gasteiger partial charge in [0.25, 0.3) is 0 Å². The van der Waals surface area contributed by atoms with Crippen molar-refractivity contribution in [2.45, 2.75) is 45.2 Å². The average molecular weight is 447 g/mol. The van der Waals surface area contributed by atoms with Crippen molar-refractivity contribution in [1.82, 2.24) is 0 Å². The van der Waals surface area contributed by atoms with Crippen molar-refractivity contribution in [2.75, 3.05) is 18.5 Å². The summed E-state index contributed by atoms with van der Waals surface area (Å²) in [7, 11) is 0. The summed E-state index contributed by atoms with van der Waals surface area (Å²) in [6.45, 7) is 18.2. The van der Waals surface area contributed by atoms with Crippen LogP contribution >= 0.6 is 15.9 Å². The van der Waals surface area contributed by atoms with E-state index in [9.17, 15) is 9.59 Å². The Balaban J connectivity index is 0.000000684. The molecule has 0 N–H and O–H groups in total. The molecular formula is C21H23BrN2O4. The third-order valence-corrected chi connectivity index (χ3v) is 4.08. The van der Waals surface area contributed by atoms with E-state index in [1.807, 2.05) is 6.08 Å². The van der Waals surface area contributed by atoms with E-state index in [1.54, 1.807) is 6.92 Å². The van der Waals surface area contributed by atoms with Gasteiger partial charge in [0.2, 0.25) is 0 Å². The number of allylic oxidation sites excluding steroid dienone is 1. The molecule has 0 aliphatic heterocycles. The fourth-order valence-corrected chi connectivity index (χ4v) is 2.61. The molecule has 1 aliphatic carbocycles. The third-order valence-electron chi connectivity index (χ3n) is 3.80. The van der Waals surface area contributed by atoms with Gasteiger partial charge in [-0.15, -0.1) is 6.42 Å². The zero-order valence-corrected chi connectivity index (χ0v) is 17.7. The Morgan fingerprint density at radius 2 is 2.04 bits per heavy atom. The van der Waals surface area contributed by atoms with Crippen LogP contribution in [0.1, 0.15) is 39.5 Å².